The fraction of sp³-hybridized carbons (Fsp3) is 0. The number of rotatable bonds is 3. The Morgan fingerprint density at radius 1 is 1.24 bits per heavy atom. The SMILES string of the molecule is Nc1ccc(/C(=C/c2c[nH]c3ncccc23)C(=O)O)cc1. The molecule has 3 aromatic rings. The maximum absolute atomic E-state index is 11.5. The summed E-state index contributed by atoms with van der Waals surface area (Å²) in [5, 5.41) is 10.3. The largest absolute Gasteiger partial charge is 0.478 e. The lowest BCUT2D eigenvalue weighted by Gasteiger charge is -2.03. The van der Waals surface area contributed by atoms with E-state index in [0.29, 0.717) is 11.3 Å². The van der Waals surface area contributed by atoms with Crippen molar-refractivity contribution in [3.05, 3.63) is 59.9 Å². The van der Waals surface area contributed by atoms with Gasteiger partial charge in [0.25, 0.3) is 0 Å². The van der Waals surface area contributed by atoms with Crippen LogP contribution in [0.25, 0.3) is 22.7 Å². The van der Waals surface area contributed by atoms with Gasteiger partial charge in [0.05, 0.1) is 5.57 Å². The fourth-order valence-electron chi connectivity index (χ4n) is 2.18. The molecule has 0 saturated heterocycles. The zero-order valence-electron chi connectivity index (χ0n) is 11.1. The molecular formula is C16H13N3O2. The first-order valence-electron chi connectivity index (χ1n) is 6.38. The molecule has 5 nitrogen and oxygen atoms in total. The molecule has 0 aliphatic rings. The number of aliphatic carboxylic acids is 1. The van der Waals surface area contributed by atoms with Crippen LogP contribution in [0.2, 0.25) is 0 Å². The second kappa shape index (κ2) is 5.13. The monoisotopic (exact) mass is 279 g/mol. The highest BCUT2D eigenvalue weighted by atomic mass is 16.4. The summed E-state index contributed by atoms with van der Waals surface area (Å²) < 4.78 is 0. The Bertz CT molecular complexity index is 832. The van der Waals surface area contributed by atoms with Crippen LogP contribution >= 0.6 is 0 Å². The van der Waals surface area contributed by atoms with Crippen LogP contribution in [0.3, 0.4) is 0 Å². The average molecular weight is 279 g/mol. The van der Waals surface area contributed by atoms with Crippen LogP contribution in [0.5, 0.6) is 0 Å². The minimum absolute atomic E-state index is 0.208. The van der Waals surface area contributed by atoms with Gasteiger partial charge in [-0.05, 0) is 35.9 Å². The average Bonchev–Trinajstić information content (AvgIpc) is 2.89. The van der Waals surface area contributed by atoms with Gasteiger partial charge < -0.3 is 15.8 Å². The van der Waals surface area contributed by atoms with Gasteiger partial charge in [-0.15, -0.1) is 0 Å². The molecule has 3 rings (SSSR count). The number of nitrogens with zero attached hydrogens (tertiary/aromatic N) is 1. The first-order valence-corrected chi connectivity index (χ1v) is 6.38. The molecular weight excluding hydrogens is 266 g/mol. The van der Waals surface area contributed by atoms with Crippen LogP contribution in [0.1, 0.15) is 11.1 Å². The number of nitrogen functional groups attached to an aromatic ring is 1. The molecule has 5 heteroatoms. The second-order valence-corrected chi connectivity index (χ2v) is 4.63. The number of anilines is 1. The topological polar surface area (TPSA) is 92.0 Å². The molecule has 0 unspecified atom stereocenters. The number of fused-ring (bicyclic) bond motifs is 1. The van der Waals surface area contributed by atoms with Gasteiger partial charge in [0, 0.05) is 29.0 Å². The lowest BCUT2D eigenvalue weighted by molar-refractivity contribution is -0.130. The van der Waals surface area contributed by atoms with Crippen LogP contribution in [0, 0.1) is 0 Å². The van der Waals surface area contributed by atoms with E-state index in [1.165, 1.54) is 0 Å². The van der Waals surface area contributed by atoms with E-state index in [0.717, 1.165) is 16.6 Å². The van der Waals surface area contributed by atoms with Gasteiger partial charge in [0.2, 0.25) is 0 Å². The Morgan fingerprint density at radius 3 is 2.71 bits per heavy atom. The molecule has 0 amide bonds. The van der Waals surface area contributed by atoms with Crippen LogP contribution in [0.4, 0.5) is 5.69 Å². The number of H-pyrrole nitrogens is 1. The minimum atomic E-state index is -0.988. The first kappa shape index (κ1) is 12.9. The van der Waals surface area contributed by atoms with E-state index >= 15 is 0 Å². The van der Waals surface area contributed by atoms with Crippen molar-refractivity contribution < 1.29 is 9.90 Å². The van der Waals surface area contributed by atoms with Crippen LogP contribution < -0.4 is 5.73 Å². The summed E-state index contributed by atoms with van der Waals surface area (Å²) in [4.78, 5) is 18.7. The third-order valence-corrected chi connectivity index (χ3v) is 3.24. The number of nitrogens with one attached hydrogen (secondary N) is 1. The molecule has 0 spiro atoms. The molecule has 0 atom stereocenters. The Balaban J connectivity index is 2.13. The molecule has 4 N–H and O–H groups in total. The number of benzene rings is 1. The van der Waals surface area contributed by atoms with E-state index in [9.17, 15) is 9.90 Å². The predicted molar refractivity (Wildman–Crippen MR) is 82.5 cm³/mol. The summed E-state index contributed by atoms with van der Waals surface area (Å²) >= 11 is 0. The lowest BCUT2D eigenvalue weighted by atomic mass is 10.0. The third kappa shape index (κ3) is 2.49. The van der Waals surface area contributed by atoms with E-state index in [1.54, 1.807) is 42.7 Å². The number of hydrogen-bond donors (Lipinski definition) is 3. The van der Waals surface area contributed by atoms with Crippen LogP contribution in [-0.4, -0.2) is 21.0 Å². The Morgan fingerprint density at radius 2 is 2.00 bits per heavy atom. The molecule has 1 aromatic carbocycles. The number of carboxylic acid groups (broad SMARTS) is 1. The smallest absolute Gasteiger partial charge is 0.336 e. The number of carboxylic acids is 1. The number of carbonyl (C=O) groups is 1. The maximum Gasteiger partial charge on any atom is 0.336 e. The van der Waals surface area contributed by atoms with Gasteiger partial charge in [0.15, 0.2) is 0 Å². The van der Waals surface area contributed by atoms with Crippen molar-refractivity contribution in [1.29, 1.82) is 0 Å². The van der Waals surface area contributed by atoms with Gasteiger partial charge >= 0.3 is 5.97 Å². The molecule has 0 bridgehead atoms. The molecule has 104 valence electrons. The second-order valence-electron chi connectivity index (χ2n) is 4.63. The third-order valence-electron chi connectivity index (χ3n) is 3.24. The Kier molecular flexibility index (Phi) is 3.16. The van der Waals surface area contributed by atoms with E-state index < -0.39 is 5.97 Å². The lowest BCUT2D eigenvalue weighted by Crippen LogP contribution is -1.99. The van der Waals surface area contributed by atoms with E-state index in [1.807, 2.05) is 12.1 Å². The first-order chi connectivity index (χ1) is 10.1. The molecule has 2 aromatic heterocycles. The van der Waals surface area contributed by atoms with E-state index in [2.05, 4.69) is 9.97 Å². The minimum Gasteiger partial charge on any atom is -0.478 e. The summed E-state index contributed by atoms with van der Waals surface area (Å²) in [6.07, 6.45) is 5.07. The summed E-state index contributed by atoms with van der Waals surface area (Å²) in [6.45, 7) is 0. The van der Waals surface area contributed by atoms with Gasteiger partial charge in [-0.2, -0.15) is 0 Å². The highest BCUT2D eigenvalue weighted by Crippen LogP contribution is 2.24. The molecule has 0 saturated carbocycles. The molecule has 2 heterocycles. The zero-order chi connectivity index (χ0) is 14.8. The van der Waals surface area contributed by atoms with Crippen molar-refractivity contribution in [3.63, 3.8) is 0 Å². The molecule has 0 aliphatic carbocycles. The van der Waals surface area contributed by atoms with Gasteiger partial charge in [-0.3, -0.25) is 0 Å². The Hall–Kier alpha value is -3.08. The highest BCUT2D eigenvalue weighted by Gasteiger charge is 2.12. The van der Waals surface area contributed by atoms with E-state index in [-0.39, 0.29) is 5.57 Å². The summed E-state index contributed by atoms with van der Waals surface area (Å²) in [6, 6.07) is 10.5. The number of nitrogens with two attached hydrogens (primary N) is 1. The Labute approximate surface area is 120 Å². The maximum atomic E-state index is 11.5. The van der Waals surface area contributed by atoms with Crippen molar-refractivity contribution in [1.82, 2.24) is 9.97 Å². The van der Waals surface area contributed by atoms with Gasteiger partial charge in [0.1, 0.15) is 5.65 Å². The highest BCUT2D eigenvalue weighted by molar-refractivity contribution is 6.21. The van der Waals surface area contributed by atoms with Crippen LogP contribution in [0.15, 0.2) is 48.8 Å². The normalized spacial score (nSPS) is 11.7. The van der Waals surface area contributed by atoms with Crippen molar-refractivity contribution >= 4 is 34.3 Å². The molecule has 0 radical (unpaired) electrons. The number of pyridine rings is 1. The molecule has 0 aliphatic heterocycles. The van der Waals surface area contributed by atoms with Gasteiger partial charge in [-0.1, -0.05) is 12.1 Å². The summed E-state index contributed by atoms with van der Waals surface area (Å²) in [5.41, 5.74) is 8.56. The number of aromatic nitrogens is 2. The summed E-state index contributed by atoms with van der Waals surface area (Å²) in [5.74, 6) is -0.988. The summed E-state index contributed by atoms with van der Waals surface area (Å²) in [7, 11) is 0. The molecule has 0 fully saturated rings. The fourth-order valence-corrected chi connectivity index (χ4v) is 2.18. The van der Waals surface area contributed by atoms with Crippen molar-refractivity contribution in [3.8, 4) is 0 Å². The standard InChI is InChI=1S/C16H13N3O2/c17-12-5-3-10(4-6-12)14(16(20)21)8-11-9-19-15-13(11)2-1-7-18-15/h1-9H,17H2,(H,18,19)(H,20,21)/b14-8-. The van der Waals surface area contributed by atoms with Gasteiger partial charge in [-0.25, -0.2) is 9.78 Å². The predicted octanol–water partition coefficient (Wildman–Crippen LogP) is 2.77. The van der Waals surface area contributed by atoms with Crippen molar-refractivity contribution in [2.24, 2.45) is 0 Å². The quantitative estimate of drug-likeness (QED) is 0.507. The number of aromatic amines is 1. The van der Waals surface area contributed by atoms with Crippen LogP contribution in [-0.2, 0) is 4.79 Å². The number of hydrogen-bond acceptors (Lipinski definition) is 3. The molecule has 21 heavy (non-hydrogen) atoms. The van der Waals surface area contributed by atoms with E-state index in [4.69, 9.17) is 5.73 Å². The van der Waals surface area contributed by atoms with Crippen molar-refractivity contribution in [2.75, 3.05) is 5.73 Å². The zero-order valence-corrected chi connectivity index (χ0v) is 11.1. The van der Waals surface area contributed by atoms with Crippen molar-refractivity contribution in [2.45, 2.75) is 0 Å².